The highest BCUT2D eigenvalue weighted by Gasteiger charge is 2.35. The van der Waals surface area contributed by atoms with Crippen LogP contribution in [0.5, 0.6) is 11.5 Å². The smallest absolute Gasteiger partial charge is 0.387 e. The maximum absolute atomic E-state index is 12.8. The summed E-state index contributed by atoms with van der Waals surface area (Å²) in [5.41, 5.74) is -0.0388. The number of nitrogens with zero attached hydrogens (tertiary/aromatic N) is 1. The Labute approximate surface area is 174 Å². The highest BCUT2D eigenvalue weighted by molar-refractivity contribution is 6.39. The summed E-state index contributed by atoms with van der Waals surface area (Å²) in [5, 5.41) is 5.25. The predicted octanol–water partition coefficient (Wildman–Crippen LogP) is 4.60. The van der Waals surface area contributed by atoms with Crippen molar-refractivity contribution in [3.8, 4) is 11.5 Å². The first-order valence-corrected chi connectivity index (χ1v) is 9.14. The average Bonchev–Trinajstić information content (AvgIpc) is 2.63. The molecule has 154 valence electrons. The molecular formula is C18H15Cl2F2N3O4. The fourth-order valence-corrected chi connectivity index (χ4v) is 3.17. The van der Waals surface area contributed by atoms with Crippen LogP contribution in [0.4, 0.5) is 20.2 Å². The van der Waals surface area contributed by atoms with E-state index in [9.17, 15) is 18.4 Å². The number of anilines is 2. The van der Waals surface area contributed by atoms with Crippen molar-refractivity contribution < 1.29 is 27.8 Å². The molecule has 0 aliphatic carbocycles. The van der Waals surface area contributed by atoms with Gasteiger partial charge < -0.3 is 20.1 Å². The van der Waals surface area contributed by atoms with E-state index in [1.165, 1.54) is 18.5 Å². The molecule has 2 amide bonds. The number of pyridine rings is 1. The zero-order chi connectivity index (χ0) is 21.3. The summed E-state index contributed by atoms with van der Waals surface area (Å²) >= 11 is 12.0. The van der Waals surface area contributed by atoms with E-state index in [1.807, 2.05) is 0 Å². The number of rotatable bonds is 5. The maximum Gasteiger partial charge on any atom is 0.387 e. The number of halogens is 4. The maximum atomic E-state index is 12.8. The number of nitrogens with one attached hydrogen (secondary N) is 2. The fourth-order valence-electron chi connectivity index (χ4n) is 2.71. The van der Waals surface area contributed by atoms with Crippen molar-refractivity contribution in [2.75, 3.05) is 10.6 Å². The molecule has 7 nitrogen and oxygen atoms in total. The molecule has 3 rings (SSSR count). The van der Waals surface area contributed by atoms with E-state index in [2.05, 4.69) is 20.4 Å². The van der Waals surface area contributed by atoms with E-state index in [1.54, 1.807) is 13.8 Å². The van der Waals surface area contributed by atoms with Gasteiger partial charge in [-0.15, -0.1) is 0 Å². The Morgan fingerprint density at radius 3 is 2.52 bits per heavy atom. The summed E-state index contributed by atoms with van der Waals surface area (Å²) in [6.07, 6.45) is 1.64. The summed E-state index contributed by atoms with van der Waals surface area (Å²) in [5.74, 6) is -1.95. The lowest BCUT2D eigenvalue weighted by atomic mass is 10.0. The van der Waals surface area contributed by atoms with Crippen molar-refractivity contribution in [1.29, 1.82) is 0 Å². The minimum atomic E-state index is -3.12. The molecule has 0 saturated carbocycles. The van der Waals surface area contributed by atoms with Crippen LogP contribution in [0.25, 0.3) is 0 Å². The molecule has 0 radical (unpaired) electrons. The molecule has 1 aromatic carbocycles. The van der Waals surface area contributed by atoms with Gasteiger partial charge in [-0.25, -0.2) is 0 Å². The van der Waals surface area contributed by atoms with Gasteiger partial charge in [0.05, 0.1) is 21.3 Å². The molecule has 0 saturated heterocycles. The van der Waals surface area contributed by atoms with Crippen molar-refractivity contribution in [2.45, 2.75) is 26.6 Å². The highest BCUT2D eigenvalue weighted by Crippen LogP contribution is 2.43. The van der Waals surface area contributed by atoms with Gasteiger partial charge in [0.1, 0.15) is 5.69 Å². The topological polar surface area (TPSA) is 89.6 Å². The molecule has 1 aliphatic heterocycles. The molecule has 11 heteroatoms. The number of ether oxygens (including phenoxy) is 2. The zero-order valence-electron chi connectivity index (χ0n) is 15.1. The number of hydrogen-bond acceptors (Lipinski definition) is 5. The second kappa shape index (κ2) is 8.38. The summed E-state index contributed by atoms with van der Waals surface area (Å²) in [4.78, 5) is 29.0. The number of benzene rings is 1. The van der Waals surface area contributed by atoms with Gasteiger partial charge in [-0.1, -0.05) is 37.0 Å². The van der Waals surface area contributed by atoms with Crippen molar-refractivity contribution in [3.05, 3.63) is 40.1 Å². The van der Waals surface area contributed by atoms with Gasteiger partial charge in [-0.2, -0.15) is 8.78 Å². The quantitative estimate of drug-likeness (QED) is 0.701. The van der Waals surface area contributed by atoms with Crippen LogP contribution in [0.15, 0.2) is 24.5 Å². The van der Waals surface area contributed by atoms with Gasteiger partial charge in [0.2, 0.25) is 0 Å². The summed E-state index contributed by atoms with van der Waals surface area (Å²) in [6.45, 7) is 0.340. The molecule has 0 unspecified atom stereocenters. The van der Waals surface area contributed by atoms with Crippen LogP contribution in [0.3, 0.4) is 0 Å². The van der Waals surface area contributed by atoms with Crippen LogP contribution in [0, 0.1) is 5.92 Å². The molecule has 1 aliphatic rings. The molecule has 1 aromatic heterocycles. The van der Waals surface area contributed by atoms with Gasteiger partial charge in [0.15, 0.2) is 17.6 Å². The predicted molar refractivity (Wildman–Crippen MR) is 103 cm³/mol. The Balaban J connectivity index is 2.03. The first-order chi connectivity index (χ1) is 13.7. The standard InChI is InChI=1S/C18H15Cl2F2N3O4/c1-7(2)14-17(27)24-12-8(3-4-11(15(12)29-14)28-18(21)22)16(26)25-13-9(19)5-23-6-10(13)20/h3-7,14,18H,1-2H3,(H,24,27)(H,23,25,26)/t14-/m0/s1. The van der Waals surface area contributed by atoms with E-state index in [0.29, 0.717) is 0 Å². The molecule has 2 N–H and O–H groups in total. The Bertz CT molecular complexity index is 952. The van der Waals surface area contributed by atoms with E-state index in [-0.39, 0.29) is 44.4 Å². The van der Waals surface area contributed by atoms with Gasteiger partial charge in [-0.05, 0) is 18.1 Å². The lowest BCUT2D eigenvalue weighted by Gasteiger charge is -2.30. The van der Waals surface area contributed by atoms with Gasteiger partial charge in [0, 0.05) is 12.4 Å². The van der Waals surface area contributed by atoms with E-state index >= 15 is 0 Å². The Hall–Kier alpha value is -2.65. The van der Waals surface area contributed by atoms with E-state index in [4.69, 9.17) is 27.9 Å². The van der Waals surface area contributed by atoms with Crippen molar-refractivity contribution in [2.24, 2.45) is 5.92 Å². The Kier molecular flexibility index (Phi) is 6.09. The second-order valence-corrected chi connectivity index (χ2v) is 7.21. The van der Waals surface area contributed by atoms with Crippen LogP contribution in [-0.4, -0.2) is 29.5 Å². The molecule has 0 fully saturated rings. The lowest BCUT2D eigenvalue weighted by molar-refractivity contribution is -0.125. The van der Waals surface area contributed by atoms with E-state index < -0.39 is 24.5 Å². The minimum Gasteiger partial charge on any atom is -0.474 e. The second-order valence-electron chi connectivity index (χ2n) is 6.40. The molecule has 1 atom stereocenters. The number of fused-ring (bicyclic) bond motifs is 1. The molecule has 2 aromatic rings. The lowest BCUT2D eigenvalue weighted by Crippen LogP contribution is -2.41. The van der Waals surface area contributed by atoms with Crippen LogP contribution < -0.4 is 20.1 Å². The number of amides is 2. The Morgan fingerprint density at radius 2 is 1.93 bits per heavy atom. The number of aromatic nitrogens is 1. The molecule has 29 heavy (non-hydrogen) atoms. The molecular weight excluding hydrogens is 431 g/mol. The monoisotopic (exact) mass is 445 g/mol. The largest absolute Gasteiger partial charge is 0.474 e. The van der Waals surface area contributed by atoms with Crippen LogP contribution >= 0.6 is 23.2 Å². The van der Waals surface area contributed by atoms with Gasteiger partial charge >= 0.3 is 6.61 Å². The average molecular weight is 446 g/mol. The van der Waals surface area contributed by atoms with Crippen molar-refractivity contribution >= 4 is 46.4 Å². The summed E-state index contributed by atoms with van der Waals surface area (Å²) in [6, 6.07) is 2.37. The van der Waals surface area contributed by atoms with Crippen molar-refractivity contribution in [3.63, 3.8) is 0 Å². The number of carbonyl (C=O) groups is 2. The third kappa shape index (κ3) is 4.35. The Morgan fingerprint density at radius 1 is 1.28 bits per heavy atom. The highest BCUT2D eigenvalue weighted by atomic mass is 35.5. The molecule has 0 spiro atoms. The SMILES string of the molecule is CC(C)[C@@H]1Oc2c(OC(F)F)ccc(C(=O)Nc3c(Cl)cncc3Cl)c2NC1=O. The van der Waals surface area contributed by atoms with E-state index in [0.717, 1.165) is 6.07 Å². The van der Waals surface area contributed by atoms with Gasteiger partial charge in [-0.3, -0.25) is 14.6 Å². The van der Waals surface area contributed by atoms with Crippen LogP contribution in [0.1, 0.15) is 24.2 Å². The first kappa shape index (κ1) is 21.1. The normalized spacial score (nSPS) is 15.6. The van der Waals surface area contributed by atoms with Gasteiger partial charge in [0.25, 0.3) is 11.8 Å². The number of alkyl halides is 2. The van der Waals surface area contributed by atoms with Crippen molar-refractivity contribution in [1.82, 2.24) is 4.98 Å². The number of hydrogen-bond donors (Lipinski definition) is 2. The van der Waals surface area contributed by atoms with Crippen LogP contribution in [-0.2, 0) is 4.79 Å². The summed E-state index contributed by atoms with van der Waals surface area (Å²) < 4.78 is 35.6. The number of carbonyl (C=O) groups excluding carboxylic acids is 2. The molecule has 0 bridgehead atoms. The summed E-state index contributed by atoms with van der Waals surface area (Å²) in [7, 11) is 0. The first-order valence-electron chi connectivity index (χ1n) is 8.38. The zero-order valence-corrected chi connectivity index (χ0v) is 16.6. The molecule has 2 heterocycles. The third-order valence-corrected chi connectivity index (χ3v) is 4.60. The third-order valence-electron chi connectivity index (χ3n) is 4.03. The minimum absolute atomic E-state index is 0.0545. The fraction of sp³-hybridized carbons (Fsp3) is 0.278. The van der Waals surface area contributed by atoms with Crippen LogP contribution in [0.2, 0.25) is 10.0 Å².